The van der Waals surface area contributed by atoms with Crippen LogP contribution >= 0.6 is 0 Å². The van der Waals surface area contributed by atoms with Gasteiger partial charge in [-0.15, -0.1) is 0 Å². The van der Waals surface area contributed by atoms with E-state index in [1.165, 1.54) is 17.5 Å². The average molecular weight is 318 g/mol. The maximum atomic E-state index is 11.7. The Hall–Kier alpha value is -1.55. The van der Waals surface area contributed by atoms with Gasteiger partial charge >= 0.3 is 6.09 Å². The Balaban J connectivity index is 1.77. The summed E-state index contributed by atoms with van der Waals surface area (Å²) >= 11 is 0. The highest BCUT2D eigenvalue weighted by Gasteiger charge is 2.39. The van der Waals surface area contributed by atoms with Gasteiger partial charge in [0.05, 0.1) is 0 Å². The highest BCUT2D eigenvalue weighted by atomic mass is 16.6. The smallest absolute Gasteiger partial charge is 0.407 e. The number of benzene rings is 1. The van der Waals surface area contributed by atoms with Crippen molar-refractivity contribution >= 4 is 6.09 Å². The van der Waals surface area contributed by atoms with Crippen molar-refractivity contribution in [2.75, 3.05) is 0 Å². The molecule has 0 radical (unpaired) electrons. The van der Waals surface area contributed by atoms with Crippen molar-refractivity contribution in [3.05, 3.63) is 35.4 Å². The SMILES string of the molecule is CCCc1ccc(C(C)NC2CC2NC(=O)OC(C)(C)C)cc1. The zero-order chi connectivity index (χ0) is 17.0. The van der Waals surface area contributed by atoms with E-state index in [2.05, 4.69) is 48.7 Å². The molecule has 1 saturated carbocycles. The third kappa shape index (κ3) is 5.87. The maximum absolute atomic E-state index is 11.7. The lowest BCUT2D eigenvalue weighted by Gasteiger charge is -2.20. The van der Waals surface area contributed by atoms with Gasteiger partial charge in [-0.3, -0.25) is 0 Å². The molecule has 1 aromatic rings. The van der Waals surface area contributed by atoms with Crippen molar-refractivity contribution in [2.45, 2.75) is 77.6 Å². The Morgan fingerprint density at radius 3 is 2.48 bits per heavy atom. The highest BCUT2D eigenvalue weighted by Crippen LogP contribution is 2.26. The lowest BCUT2D eigenvalue weighted by Crippen LogP contribution is -2.37. The van der Waals surface area contributed by atoms with E-state index < -0.39 is 5.60 Å². The fourth-order valence-electron chi connectivity index (χ4n) is 2.68. The van der Waals surface area contributed by atoms with E-state index in [9.17, 15) is 4.79 Å². The third-order valence-electron chi connectivity index (χ3n) is 3.98. The number of hydrogen-bond donors (Lipinski definition) is 2. The van der Waals surface area contributed by atoms with Crippen molar-refractivity contribution in [3.8, 4) is 0 Å². The minimum atomic E-state index is -0.449. The predicted molar refractivity (Wildman–Crippen MR) is 93.6 cm³/mol. The molecule has 0 saturated heterocycles. The first-order chi connectivity index (χ1) is 10.8. The average Bonchev–Trinajstić information content (AvgIpc) is 3.15. The first kappa shape index (κ1) is 17.8. The standard InChI is InChI=1S/C19H30N2O2/c1-6-7-14-8-10-15(11-9-14)13(2)20-16-12-17(16)21-18(22)23-19(3,4)5/h8-11,13,16-17,20H,6-7,12H2,1-5H3,(H,21,22). The molecule has 1 aromatic carbocycles. The highest BCUT2D eigenvalue weighted by molar-refractivity contribution is 5.68. The van der Waals surface area contributed by atoms with Gasteiger partial charge in [-0.2, -0.15) is 0 Å². The van der Waals surface area contributed by atoms with Crippen LogP contribution in [-0.4, -0.2) is 23.8 Å². The summed E-state index contributed by atoms with van der Waals surface area (Å²) in [5, 5.41) is 6.49. The maximum Gasteiger partial charge on any atom is 0.407 e. The molecular weight excluding hydrogens is 288 g/mol. The van der Waals surface area contributed by atoms with Crippen LogP contribution in [0, 0.1) is 0 Å². The molecule has 128 valence electrons. The second-order valence-electron chi connectivity index (χ2n) is 7.47. The van der Waals surface area contributed by atoms with Crippen LogP contribution in [-0.2, 0) is 11.2 Å². The van der Waals surface area contributed by atoms with E-state index in [0.29, 0.717) is 6.04 Å². The molecule has 0 heterocycles. The van der Waals surface area contributed by atoms with Gasteiger partial charge in [-0.05, 0) is 51.7 Å². The molecular formula is C19H30N2O2. The van der Waals surface area contributed by atoms with Crippen LogP contribution in [0.5, 0.6) is 0 Å². The van der Waals surface area contributed by atoms with Crippen molar-refractivity contribution in [2.24, 2.45) is 0 Å². The van der Waals surface area contributed by atoms with Gasteiger partial charge in [-0.1, -0.05) is 37.6 Å². The summed E-state index contributed by atoms with van der Waals surface area (Å²) in [6.07, 6.45) is 2.93. The van der Waals surface area contributed by atoms with Crippen LogP contribution < -0.4 is 10.6 Å². The molecule has 4 nitrogen and oxygen atoms in total. The molecule has 4 heteroatoms. The molecule has 2 N–H and O–H groups in total. The summed E-state index contributed by atoms with van der Waals surface area (Å²) < 4.78 is 5.28. The summed E-state index contributed by atoms with van der Waals surface area (Å²) in [7, 11) is 0. The Labute approximate surface area is 140 Å². The molecule has 1 amide bonds. The van der Waals surface area contributed by atoms with E-state index in [1.807, 2.05) is 20.8 Å². The van der Waals surface area contributed by atoms with Gasteiger partial charge in [0.25, 0.3) is 0 Å². The number of aryl methyl sites for hydroxylation is 1. The molecule has 0 aromatic heterocycles. The largest absolute Gasteiger partial charge is 0.444 e. The van der Waals surface area contributed by atoms with Crippen molar-refractivity contribution < 1.29 is 9.53 Å². The van der Waals surface area contributed by atoms with Crippen LogP contribution in [0.4, 0.5) is 4.79 Å². The zero-order valence-electron chi connectivity index (χ0n) is 15.0. The van der Waals surface area contributed by atoms with Crippen LogP contribution in [0.1, 0.15) is 64.6 Å². The molecule has 3 unspecified atom stereocenters. The summed E-state index contributed by atoms with van der Waals surface area (Å²) in [4.78, 5) is 11.7. The molecule has 1 aliphatic carbocycles. The molecule has 0 bridgehead atoms. The van der Waals surface area contributed by atoms with E-state index >= 15 is 0 Å². The lowest BCUT2D eigenvalue weighted by molar-refractivity contribution is 0.0522. The van der Waals surface area contributed by atoms with E-state index in [0.717, 1.165) is 12.8 Å². The van der Waals surface area contributed by atoms with Gasteiger partial charge < -0.3 is 15.4 Å². The first-order valence-corrected chi connectivity index (χ1v) is 8.63. The van der Waals surface area contributed by atoms with Gasteiger partial charge in [0.1, 0.15) is 5.60 Å². The normalized spacial score (nSPS) is 21.6. The quantitative estimate of drug-likeness (QED) is 0.835. The Morgan fingerprint density at radius 2 is 1.91 bits per heavy atom. The number of nitrogens with one attached hydrogen (secondary N) is 2. The number of alkyl carbamates (subject to hydrolysis) is 1. The van der Waals surface area contributed by atoms with E-state index in [4.69, 9.17) is 4.74 Å². The summed E-state index contributed by atoms with van der Waals surface area (Å²) in [6.45, 7) is 9.99. The van der Waals surface area contributed by atoms with E-state index in [1.54, 1.807) is 0 Å². The number of ether oxygens (including phenoxy) is 1. The minimum Gasteiger partial charge on any atom is -0.444 e. The molecule has 1 aliphatic rings. The van der Waals surface area contributed by atoms with Crippen LogP contribution in [0.25, 0.3) is 0 Å². The summed E-state index contributed by atoms with van der Waals surface area (Å²) in [5.74, 6) is 0. The van der Waals surface area contributed by atoms with Crippen LogP contribution in [0.3, 0.4) is 0 Å². The number of carbonyl (C=O) groups is 1. The fraction of sp³-hybridized carbons (Fsp3) is 0.632. The monoisotopic (exact) mass is 318 g/mol. The third-order valence-corrected chi connectivity index (χ3v) is 3.98. The van der Waals surface area contributed by atoms with Crippen LogP contribution in [0.15, 0.2) is 24.3 Å². The topological polar surface area (TPSA) is 50.4 Å². The number of rotatable bonds is 6. The molecule has 0 spiro atoms. The molecule has 1 fully saturated rings. The number of carbonyl (C=O) groups excluding carboxylic acids is 1. The second-order valence-corrected chi connectivity index (χ2v) is 7.47. The molecule has 3 atom stereocenters. The first-order valence-electron chi connectivity index (χ1n) is 8.63. The predicted octanol–water partition coefficient (Wildman–Crippen LogP) is 3.96. The van der Waals surface area contributed by atoms with Crippen LogP contribution in [0.2, 0.25) is 0 Å². The Morgan fingerprint density at radius 1 is 1.26 bits per heavy atom. The summed E-state index contributed by atoms with van der Waals surface area (Å²) in [5.41, 5.74) is 2.22. The summed E-state index contributed by atoms with van der Waals surface area (Å²) in [6, 6.07) is 9.59. The molecule has 0 aliphatic heterocycles. The Bertz CT molecular complexity index is 519. The fourth-order valence-corrected chi connectivity index (χ4v) is 2.68. The number of hydrogen-bond acceptors (Lipinski definition) is 3. The van der Waals surface area contributed by atoms with Gasteiger partial charge in [0.2, 0.25) is 0 Å². The second kappa shape index (κ2) is 7.35. The zero-order valence-corrected chi connectivity index (χ0v) is 15.0. The van der Waals surface area contributed by atoms with Crippen molar-refractivity contribution in [1.29, 1.82) is 0 Å². The number of amides is 1. The minimum absolute atomic E-state index is 0.173. The van der Waals surface area contributed by atoms with Gasteiger partial charge in [0, 0.05) is 18.1 Å². The van der Waals surface area contributed by atoms with Gasteiger partial charge in [0.15, 0.2) is 0 Å². The molecule has 2 rings (SSSR count). The van der Waals surface area contributed by atoms with E-state index in [-0.39, 0.29) is 18.2 Å². The Kier molecular flexibility index (Phi) is 5.69. The van der Waals surface area contributed by atoms with Crippen molar-refractivity contribution in [3.63, 3.8) is 0 Å². The van der Waals surface area contributed by atoms with Gasteiger partial charge in [-0.25, -0.2) is 4.79 Å². The lowest BCUT2D eigenvalue weighted by atomic mass is 10.0. The molecule has 23 heavy (non-hydrogen) atoms. The van der Waals surface area contributed by atoms with Crippen molar-refractivity contribution in [1.82, 2.24) is 10.6 Å².